The largest absolute Gasteiger partial charge is 0.457 e. The molecule has 0 N–H and O–H groups in total. The van der Waals surface area contributed by atoms with Gasteiger partial charge in [-0.25, -0.2) is 0 Å². The van der Waals surface area contributed by atoms with Crippen molar-refractivity contribution in [2.45, 2.75) is 39.8 Å². The Kier molecular flexibility index (Phi) is 7.07. The van der Waals surface area contributed by atoms with Crippen molar-refractivity contribution in [1.29, 1.82) is 0 Å². The van der Waals surface area contributed by atoms with Crippen LogP contribution >= 0.6 is 0 Å². The number of nitrogens with zero attached hydrogens (tertiary/aromatic N) is 2. The number of aryl methyl sites for hydroxylation is 1. The Morgan fingerprint density at radius 1 is 1.13 bits per heavy atom. The number of methoxy groups -OCH3 is 1. The third kappa shape index (κ3) is 4.94. The highest BCUT2D eigenvalue weighted by atomic mass is 16.5. The Hall–Kier alpha value is -3.19. The first-order valence-corrected chi connectivity index (χ1v) is 10.2. The topological polar surface area (TPSA) is 77.8 Å². The first kappa shape index (κ1) is 22.5. The summed E-state index contributed by atoms with van der Waals surface area (Å²) >= 11 is 0. The molecule has 2 heterocycles. The fourth-order valence-electron chi connectivity index (χ4n) is 3.96. The molecule has 3 rings (SSSR count). The van der Waals surface area contributed by atoms with E-state index in [1.54, 1.807) is 19.4 Å². The van der Waals surface area contributed by atoms with E-state index < -0.39 is 12.0 Å². The van der Waals surface area contributed by atoms with Crippen LogP contribution in [0.4, 0.5) is 0 Å². The second-order valence-corrected chi connectivity index (χ2v) is 7.60. The van der Waals surface area contributed by atoms with Crippen LogP contribution in [0.2, 0.25) is 0 Å². The van der Waals surface area contributed by atoms with Gasteiger partial charge in [0.15, 0.2) is 6.61 Å². The van der Waals surface area contributed by atoms with Gasteiger partial charge in [-0.1, -0.05) is 24.3 Å². The molecule has 0 aliphatic carbocycles. The minimum Gasteiger partial charge on any atom is -0.457 e. The van der Waals surface area contributed by atoms with Crippen molar-refractivity contribution in [3.63, 3.8) is 0 Å². The molecule has 0 bridgehead atoms. The number of benzene rings is 1. The number of amides is 1. The molecule has 31 heavy (non-hydrogen) atoms. The predicted molar refractivity (Wildman–Crippen MR) is 116 cm³/mol. The Morgan fingerprint density at radius 3 is 2.58 bits per heavy atom. The molecule has 0 saturated heterocycles. The lowest BCUT2D eigenvalue weighted by molar-refractivity contribution is -0.144. The fourth-order valence-corrected chi connectivity index (χ4v) is 3.96. The molecule has 0 saturated carbocycles. The number of esters is 1. The van der Waals surface area contributed by atoms with E-state index in [4.69, 9.17) is 9.47 Å². The van der Waals surface area contributed by atoms with Crippen LogP contribution in [-0.2, 0) is 25.6 Å². The van der Waals surface area contributed by atoms with Crippen molar-refractivity contribution in [2.24, 2.45) is 0 Å². The van der Waals surface area contributed by atoms with Crippen molar-refractivity contribution in [1.82, 2.24) is 9.47 Å². The average Bonchev–Trinajstić information content (AvgIpc) is 3.04. The Morgan fingerprint density at radius 2 is 1.87 bits per heavy atom. The number of carbonyl (C=O) groups excluding carboxylic acids is 3. The second kappa shape index (κ2) is 9.75. The molecule has 0 spiro atoms. The van der Waals surface area contributed by atoms with Gasteiger partial charge in [0.25, 0.3) is 0 Å². The Balaban J connectivity index is 1.66. The van der Waals surface area contributed by atoms with Crippen molar-refractivity contribution in [2.75, 3.05) is 20.3 Å². The zero-order valence-corrected chi connectivity index (χ0v) is 18.4. The molecule has 1 aromatic carbocycles. The number of ketones is 1. The van der Waals surface area contributed by atoms with Gasteiger partial charge in [-0.2, -0.15) is 0 Å². The van der Waals surface area contributed by atoms with E-state index in [-0.39, 0.29) is 24.7 Å². The lowest BCUT2D eigenvalue weighted by Crippen LogP contribution is -2.32. The lowest BCUT2D eigenvalue weighted by atomic mass is 9.94. The van der Waals surface area contributed by atoms with Crippen LogP contribution in [0.25, 0.3) is 6.08 Å². The molecule has 1 aliphatic heterocycles. The van der Waals surface area contributed by atoms with E-state index in [1.165, 1.54) is 11.8 Å². The third-order valence-corrected chi connectivity index (χ3v) is 5.59. The van der Waals surface area contributed by atoms with Gasteiger partial charge in [0.2, 0.25) is 11.7 Å². The molecule has 164 valence electrons. The summed E-state index contributed by atoms with van der Waals surface area (Å²) in [5.41, 5.74) is 4.15. The monoisotopic (exact) mass is 424 g/mol. The summed E-state index contributed by atoms with van der Waals surface area (Å²) in [6.45, 7) is 6.11. The molecule has 1 atom stereocenters. The Labute approximate surface area is 182 Å². The Bertz CT molecular complexity index is 1020. The molecular formula is C24H28N2O5. The lowest BCUT2D eigenvalue weighted by Gasteiger charge is -2.32. The van der Waals surface area contributed by atoms with E-state index in [0.717, 1.165) is 22.5 Å². The molecule has 1 aliphatic rings. The molecule has 7 nitrogen and oxygen atoms in total. The van der Waals surface area contributed by atoms with Crippen LogP contribution in [0.3, 0.4) is 0 Å². The predicted octanol–water partition coefficient (Wildman–Crippen LogP) is 3.44. The number of rotatable bonds is 8. The number of ether oxygens (including phenoxy) is 2. The number of fused-ring (bicyclic) bond motifs is 1. The first-order chi connectivity index (χ1) is 14.8. The zero-order valence-electron chi connectivity index (χ0n) is 18.4. The van der Waals surface area contributed by atoms with Crippen molar-refractivity contribution in [3.8, 4) is 0 Å². The smallest absolute Gasteiger partial charge is 0.308 e. The first-order valence-electron chi connectivity index (χ1n) is 10.2. The normalized spacial score (nSPS) is 15.0. The summed E-state index contributed by atoms with van der Waals surface area (Å²) in [5.74, 6) is -0.941. The van der Waals surface area contributed by atoms with E-state index in [0.29, 0.717) is 18.7 Å². The minimum absolute atomic E-state index is 0.0267. The maximum atomic E-state index is 12.7. The van der Waals surface area contributed by atoms with E-state index in [2.05, 4.69) is 0 Å². The maximum Gasteiger partial charge on any atom is 0.308 e. The van der Waals surface area contributed by atoms with Crippen molar-refractivity contribution < 1.29 is 23.9 Å². The van der Waals surface area contributed by atoms with Gasteiger partial charge in [0.1, 0.15) is 0 Å². The van der Waals surface area contributed by atoms with Crippen LogP contribution in [0.5, 0.6) is 0 Å². The summed E-state index contributed by atoms with van der Waals surface area (Å²) in [4.78, 5) is 38.8. The van der Waals surface area contributed by atoms with Crippen LogP contribution < -0.4 is 0 Å². The molecule has 0 fully saturated rings. The van der Waals surface area contributed by atoms with Gasteiger partial charge in [0.05, 0.1) is 19.1 Å². The highest BCUT2D eigenvalue weighted by Crippen LogP contribution is 2.33. The maximum absolute atomic E-state index is 12.7. The van der Waals surface area contributed by atoms with Gasteiger partial charge in [-0.3, -0.25) is 14.4 Å². The summed E-state index contributed by atoms with van der Waals surface area (Å²) < 4.78 is 12.4. The van der Waals surface area contributed by atoms with E-state index in [9.17, 15) is 14.4 Å². The summed E-state index contributed by atoms with van der Waals surface area (Å²) in [5, 5.41) is 0. The van der Waals surface area contributed by atoms with Crippen LogP contribution in [0.15, 0.2) is 36.5 Å². The third-order valence-electron chi connectivity index (χ3n) is 5.59. The number of hydrogen-bond acceptors (Lipinski definition) is 5. The highest BCUT2D eigenvalue weighted by molar-refractivity contribution is 5.99. The van der Waals surface area contributed by atoms with E-state index >= 15 is 0 Å². The summed E-state index contributed by atoms with van der Waals surface area (Å²) in [7, 11) is 1.63. The van der Waals surface area contributed by atoms with E-state index in [1.807, 2.05) is 48.8 Å². The van der Waals surface area contributed by atoms with Gasteiger partial charge in [-0.15, -0.1) is 0 Å². The van der Waals surface area contributed by atoms with Gasteiger partial charge >= 0.3 is 5.97 Å². The number of hydrogen-bond donors (Lipinski definition) is 0. The zero-order chi connectivity index (χ0) is 22.5. The molecule has 1 aromatic heterocycles. The molecule has 0 unspecified atom stereocenters. The second-order valence-electron chi connectivity index (χ2n) is 7.60. The van der Waals surface area contributed by atoms with Gasteiger partial charge in [0, 0.05) is 43.7 Å². The number of carbonyl (C=O) groups is 3. The summed E-state index contributed by atoms with van der Waals surface area (Å²) in [6.07, 6.45) is 3.51. The highest BCUT2D eigenvalue weighted by Gasteiger charge is 2.29. The fraction of sp³-hybridized carbons (Fsp3) is 0.375. The van der Waals surface area contributed by atoms with Crippen molar-refractivity contribution >= 4 is 23.7 Å². The van der Waals surface area contributed by atoms with Crippen LogP contribution in [0.1, 0.15) is 52.3 Å². The van der Waals surface area contributed by atoms with Gasteiger partial charge in [-0.05, 0) is 37.1 Å². The number of aromatic nitrogens is 1. The average molecular weight is 424 g/mol. The number of Topliss-reactive ketones (excluding diaryl/α,β-unsaturated/α-hetero) is 1. The summed E-state index contributed by atoms with van der Waals surface area (Å²) in [6, 6.07) is 8.96. The van der Waals surface area contributed by atoms with Crippen LogP contribution in [0, 0.1) is 13.8 Å². The van der Waals surface area contributed by atoms with Crippen LogP contribution in [-0.4, -0.2) is 47.5 Å². The molecular weight excluding hydrogens is 396 g/mol. The molecule has 2 aromatic rings. The standard InChI is InChI=1S/C24H28N2O5/c1-16-13-21(17(2)25(16)11-12-30-4)23(28)15-31-24(29)14-22-20-8-6-5-7-19(20)9-10-26(22)18(3)27/h5-10,13,22H,11-12,14-15H2,1-4H3/t22-/m1/s1. The molecule has 1 amide bonds. The SMILES string of the molecule is COCCn1c(C)cc(C(=O)COC(=O)C[C@@H]2c3ccccc3C=CN2C(C)=O)c1C. The van der Waals surface area contributed by atoms with Gasteiger partial charge < -0.3 is 18.9 Å². The minimum atomic E-state index is -0.525. The quantitative estimate of drug-likeness (QED) is 0.479. The van der Waals surface area contributed by atoms with Crippen molar-refractivity contribution in [3.05, 3.63) is 64.6 Å². The molecule has 7 heteroatoms. The molecule has 0 radical (unpaired) electrons.